The molecule has 2 heterocycles. The van der Waals surface area contributed by atoms with Crippen molar-refractivity contribution in [2.24, 2.45) is 0 Å². The lowest BCUT2D eigenvalue weighted by Crippen LogP contribution is -2.39. The molecule has 138 valence electrons. The Morgan fingerprint density at radius 3 is 2.63 bits per heavy atom. The molecule has 0 radical (unpaired) electrons. The van der Waals surface area contributed by atoms with Crippen molar-refractivity contribution < 1.29 is 14.0 Å². The first kappa shape index (κ1) is 17.1. The highest BCUT2D eigenvalue weighted by atomic mass is 16.4. The highest BCUT2D eigenvalue weighted by molar-refractivity contribution is 5.83. The van der Waals surface area contributed by atoms with Crippen LogP contribution in [0.4, 0.5) is 0 Å². The minimum absolute atomic E-state index is 0.00933. The predicted octanol–water partition coefficient (Wildman–Crippen LogP) is 1.51. The third-order valence-corrected chi connectivity index (χ3v) is 4.67. The van der Waals surface area contributed by atoms with E-state index in [0.717, 1.165) is 5.56 Å². The van der Waals surface area contributed by atoms with Crippen molar-refractivity contribution in [1.29, 1.82) is 0 Å². The van der Waals surface area contributed by atoms with Crippen LogP contribution in [0.5, 0.6) is 0 Å². The summed E-state index contributed by atoms with van der Waals surface area (Å²) in [6, 6.07) is 16.4. The van der Waals surface area contributed by atoms with E-state index in [0.29, 0.717) is 24.2 Å². The minimum atomic E-state index is -0.570. The van der Waals surface area contributed by atoms with Gasteiger partial charge in [0.15, 0.2) is 5.58 Å². The van der Waals surface area contributed by atoms with E-state index in [1.807, 2.05) is 30.3 Å². The van der Waals surface area contributed by atoms with Crippen molar-refractivity contribution in [2.45, 2.75) is 25.6 Å². The number of rotatable bonds is 5. The molecule has 0 saturated carbocycles. The van der Waals surface area contributed by atoms with E-state index in [4.69, 9.17) is 4.42 Å². The average molecular weight is 365 g/mol. The first-order valence-electron chi connectivity index (χ1n) is 8.79. The third kappa shape index (κ3) is 3.62. The van der Waals surface area contributed by atoms with Crippen LogP contribution >= 0.6 is 0 Å². The molecule has 1 aliphatic rings. The summed E-state index contributed by atoms with van der Waals surface area (Å²) in [6.45, 7) is 0.845. The Balaban J connectivity index is 1.39. The second-order valence-corrected chi connectivity index (χ2v) is 6.65. The molecular weight excluding hydrogens is 346 g/mol. The SMILES string of the molecule is O=C(Cn1c(=O)oc2ccccc21)NC1CC(=O)N(Cc2ccccc2)C1. The van der Waals surface area contributed by atoms with Gasteiger partial charge in [0.1, 0.15) is 6.54 Å². The number of para-hydroxylation sites is 2. The fourth-order valence-corrected chi connectivity index (χ4v) is 3.41. The molecule has 0 bridgehead atoms. The molecule has 1 unspecified atom stereocenters. The van der Waals surface area contributed by atoms with Crippen LogP contribution in [0.25, 0.3) is 11.1 Å². The van der Waals surface area contributed by atoms with Crippen LogP contribution < -0.4 is 11.1 Å². The molecule has 2 amide bonds. The second kappa shape index (κ2) is 7.11. The molecule has 1 aliphatic heterocycles. The Kier molecular flexibility index (Phi) is 4.50. The maximum Gasteiger partial charge on any atom is 0.420 e. The van der Waals surface area contributed by atoms with Crippen LogP contribution in [0.1, 0.15) is 12.0 Å². The normalized spacial score (nSPS) is 16.8. The number of carbonyl (C=O) groups excluding carboxylic acids is 2. The van der Waals surface area contributed by atoms with E-state index in [1.54, 1.807) is 29.2 Å². The van der Waals surface area contributed by atoms with Crippen molar-refractivity contribution in [1.82, 2.24) is 14.8 Å². The maximum atomic E-state index is 12.4. The molecule has 4 rings (SSSR count). The quantitative estimate of drug-likeness (QED) is 0.743. The number of hydrogen-bond donors (Lipinski definition) is 1. The molecule has 3 aromatic rings. The summed E-state index contributed by atoms with van der Waals surface area (Å²) in [5.74, 6) is -0.877. The van der Waals surface area contributed by atoms with Gasteiger partial charge in [-0.15, -0.1) is 0 Å². The number of carbonyl (C=O) groups is 2. The van der Waals surface area contributed by atoms with Crippen LogP contribution in [0.3, 0.4) is 0 Å². The molecule has 7 nitrogen and oxygen atoms in total. The van der Waals surface area contributed by atoms with E-state index >= 15 is 0 Å². The number of likely N-dealkylation sites (tertiary alicyclic amines) is 1. The fourth-order valence-electron chi connectivity index (χ4n) is 3.41. The molecule has 1 N–H and O–H groups in total. The summed E-state index contributed by atoms with van der Waals surface area (Å²) in [4.78, 5) is 38.3. The standard InChI is InChI=1S/C20H19N3O4/c24-18(13-23-16-8-4-5-9-17(16)27-20(23)26)21-15-10-19(25)22(12-15)11-14-6-2-1-3-7-14/h1-9,15H,10-13H2,(H,21,24). The number of oxazole rings is 1. The Morgan fingerprint density at radius 1 is 1.07 bits per heavy atom. The molecule has 27 heavy (non-hydrogen) atoms. The van der Waals surface area contributed by atoms with E-state index < -0.39 is 5.76 Å². The summed E-state index contributed by atoms with van der Waals surface area (Å²) in [6.07, 6.45) is 0.263. The van der Waals surface area contributed by atoms with E-state index in [-0.39, 0.29) is 30.8 Å². The smallest absolute Gasteiger partial charge is 0.408 e. The third-order valence-electron chi connectivity index (χ3n) is 4.67. The maximum absolute atomic E-state index is 12.4. The number of nitrogens with zero attached hydrogens (tertiary/aromatic N) is 2. The summed E-state index contributed by atoms with van der Waals surface area (Å²) in [5, 5.41) is 2.85. The van der Waals surface area contributed by atoms with Crippen LogP contribution in [0.2, 0.25) is 0 Å². The molecule has 1 atom stereocenters. The monoisotopic (exact) mass is 365 g/mol. The van der Waals surface area contributed by atoms with Crippen molar-refractivity contribution >= 4 is 22.9 Å². The van der Waals surface area contributed by atoms with Crippen LogP contribution in [-0.4, -0.2) is 33.9 Å². The van der Waals surface area contributed by atoms with Crippen molar-refractivity contribution in [2.75, 3.05) is 6.54 Å². The Bertz CT molecular complexity index is 1040. The lowest BCUT2D eigenvalue weighted by atomic mass is 10.2. The molecule has 0 spiro atoms. The zero-order chi connectivity index (χ0) is 18.8. The highest BCUT2D eigenvalue weighted by Gasteiger charge is 2.30. The van der Waals surface area contributed by atoms with Crippen LogP contribution in [0.15, 0.2) is 63.8 Å². The lowest BCUT2D eigenvalue weighted by Gasteiger charge is -2.17. The van der Waals surface area contributed by atoms with E-state index in [2.05, 4.69) is 5.32 Å². The number of aromatic nitrogens is 1. The number of amides is 2. The van der Waals surface area contributed by atoms with Gasteiger partial charge in [-0.05, 0) is 17.7 Å². The molecule has 1 aromatic heterocycles. The molecule has 0 aliphatic carbocycles. The van der Waals surface area contributed by atoms with Gasteiger partial charge in [-0.1, -0.05) is 42.5 Å². The van der Waals surface area contributed by atoms with Gasteiger partial charge in [-0.25, -0.2) is 4.79 Å². The topological polar surface area (TPSA) is 84.5 Å². The molecular formula is C20H19N3O4. The largest absolute Gasteiger partial charge is 0.420 e. The molecule has 2 aromatic carbocycles. The fraction of sp³-hybridized carbons (Fsp3) is 0.250. The van der Waals surface area contributed by atoms with Crippen molar-refractivity contribution in [3.8, 4) is 0 Å². The Morgan fingerprint density at radius 2 is 1.81 bits per heavy atom. The first-order valence-corrected chi connectivity index (χ1v) is 8.79. The predicted molar refractivity (Wildman–Crippen MR) is 98.9 cm³/mol. The zero-order valence-corrected chi connectivity index (χ0v) is 14.6. The summed E-state index contributed by atoms with van der Waals surface area (Å²) < 4.78 is 6.43. The van der Waals surface area contributed by atoms with Crippen LogP contribution in [-0.2, 0) is 22.7 Å². The lowest BCUT2D eigenvalue weighted by molar-refractivity contribution is -0.128. The number of hydrogen-bond acceptors (Lipinski definition) is 4. The number of benzene rings is 2. The van der Waals surface area contributed by atoms with Gasteiger partial charge in [-0.2, -0.15) is 0 Å². The zero-order valence-electron chi connectivity index (χ0n) is 14.6. The Labute approximate surface area is 155 Å². The van der Waals surface area contributed by atoms with Gasteiger partial charge >= 0.3 is 5.76 Å². The molecule has 7 heteroatoms. The first-order chi connectivity index (χ1) is 13.1. The Hall–Kier alpha value is -3.35. The number of nitrogens with one attached hydrogen (secondary N) is 1. The van der Waals surface area contributed by atoms with E-state index in [1.165, 1.54) is 4.57 Å². The molecule has 1 fully saturated rings. The molecule has 1 saturated heterocycles. The van der Waals surface area contributed by atoms with Gasteiger partial charge in [0, 0.05) is 19.5 Å². The highest BCUT2D eigenvalue weighted by Crippen LogP contribution is 2.15. The summed E-state index contributed by atoms with van der Waals surface area (Å²) in [5.41, 5.74) is 2.07. The van der Waals surface area contributed by atoms with Gasteiger partial charge in [0.05, 0.1) is 11.6 Å². The average Bonchev–Trinajstić information content (AvgIpc) is 3.15. The van der Waals surface area contributed by atoms with Crippen LogP contribution in [0, 0.1) is 0 Å². The van der Waals surface area contributed by atoms with E-state index in [9.17, 15) is 14.4 Å². The second-order valence-electron chi connectivity index (χ2n) is 6.65. The summed E-state index contributed by atoms with van der Waals surface area (Å²) >= 11 is 0. The number of fused-ring (bicyclic) bond motifs is 1. The van der Waals surface area contributed by atoms with Gasteiger partial charge < -0.3 is 14.6 Å². The van der Waals surface area contributed by atoms with Gasteiger partial charge in [0.25, 0.3) is 0 Å². The summed E-state index contributed by atoms with van der Waals surface area (Å²) in [7, 11) is 0. The van der Waals surface area contributed by atoms with Gasteiger partial charge in [-0.3, -0.25) is 14.2 Å². The van der Waals surface area contributed by atoms with Gasteiger partial charge in [0.2, 0.25) is 11.8 Å². The minimum Gasteiger partial charge on any atom is -0.408 e. The van der Waals surface area contributed by atoms with Crippen molar-refractivity contribution in [3.05, 3.63) is 70.7 Å². The van der Waals surface area contributed by atoms with Crippen molar-refractivity contribution in [3.63, 3.8) is 0 Å².